The quantitative estimate of drug-likeness (QED) is 0.835. The van der Waals surface area contributed by atoms with Crippen molar-refractivity contribution in [2.75, 3.05) is 26.2 Å². The molecule has 0 N–H and O–H groups in total. The second kappa shape index (κ2) is 7.38. The molecule has 3 heterocycles. The van der Waals surface area contributed by atoms with Crippen LogP contribution in [-0.4, -0.2) is 57.7 Å². The minimum Gasteiger partial charge on any atom is -0.334 e. The fraction of sp³-hybridized carbons (Fsp3) is 0.750. The summed E-state index contributed by atoms with van der Waals surface area (Å²) in [7, 11) is 0. The summed E-state index contributed by atoms with van der Waals surface area (Å²) in [5.74, 6) is -0.212. The fourth-order valence-electron chi connectivity index (χ4n) is 3.61. The average molecular weight is 326 g/mol. The number of halogens is 2. The van der Waals surface area contributed by atoms with Gasteiger partial charge in [0.2, 0.25) is 0 Å². The molecule has 1 amide bonds. The first-order chi connectivity index (χ1) is 11.1. The molecule has 2 aliphatic heterocycles. The number of amides is 1. The van der Waals surface area contributed by atoms with Gasteiger partial charge in [0.25, 0.3) is 5.91 Å². The first kappa shape index (κ1) is 16.4. The van der Waals surface area contributed by atoms with Crippen LogP contribution in [0.15, 0.2) is 12.3 Å². The van der Waals surface area contributed by atoms with Crippen molar-refractivity contribution < 1.29 is 13.6 Å². The van der Waals surface area contributed by atoms with Crippen LogP contribution in [0, 0.1) is 0 Å². The average Bonchev–Trinajstić information content (AvgIpc) is 3.24. The Bertz CT molecular complexity index is 528. The SMILES string of the molecule is O=C(c1ccn(C(F)F)n1)N1CCCC[C@H]1CCN1CCCC1. The van der Waals surface area contributed by atoms with E-state index in [1.165, 1.54) is 25.1 Å². The van der Waals surface area contributed by atoms with E-state index in [-0.39, 0.29) is 17.6 Å². The van der Waals surface area contributed by atoms with Crippen LogP contribution >= 0.6 is 0 Å². The van der Waals surface area contributed by atoms with Crippen LogP contribution in [0.5, 0.6) is 0 Å². The zero-order valence-electron chi connectivity index (χ0n) is 13.3. The zero-order chi connectivity index (χ0) is 16.2. The van der Waals surface area contributed by atoms with E-state index < -0.39 is 6.55 Å². The predicted octanol–water partition coefficient (Wildman–Crippen LogP) is 2.76. The number of hydrogen-bond acceptors (Lipinski definition) is 3. The third kappa shape index (κ3) is 3.88. The van der Waals surface area contributed by atoms with Crippen LogP contribution in [0.1, 0.15) is 55.6 Å². The first-order valence-corrected chi connectivity index (χ1v) is 8.52. The van der Waals surface area contributed by atoms with Crippen molar-refractivity contribution in [2.45, 2.75) is 51.1 Å². The van der Waals surface area contributed by atoms with Crippen LogP contribution in [0.4, 0.5) is 8.78 Å². The number of likely N-dealkylation sites (tertiary alicyclic amines) is 2. The van der Waals surface area contributed by atoms with Gasteiger partial charge in [0.05, 0.1) is 0 Å². The molecule has 0 radical (unpaired) electrons. The number of carbonyl (C=O) groups excluding carboxylic acids is 1. The van der Waals surface area contributed by atoms with E-state index in [0.717, 1.165) is 45.3 Å². The molecule has 0 saturated carbocycles. The molecule has 1 atom stereocenters. The Morgan fingerprint density at radius 2 is 1.96 bits per heavy atom. The summed E-state index contributed by atoms with van der Waals surface area (Å²) >= 11 is 0. The van der Waals surface area contributed by atoms with Gasteiger partial charge >= 0.3 is 6.55 Å². The molecular formula is C16H24F2N4O. The van der Waals surface area contributed by atoms with Gasteiger partial charge in [0.1, 0.15) is 0 Å². The van der Waals surface area contributed by atoms with E-state index >= 15 is 0 Å². The Balaban J connectivity index is 1.63. The Morgan fingerprint density at radius 1 is 1.22 bits per heavy atom. The van der Waals surface area contributed by atoms with Crippen LogP contribution in [0.25, 0.3) is 0 Å². The van der Waals surface area contributed by atoms with E-state index in [9.17, 15) is 13.6 Å². The molecule has 3 rings (SSSR count). The molecule has 5 nitrogen and oxygen atoms in total. The molecule has 0 bridgehead atoms. The van der Waals surface area contributed by atoms with Crippen LogP contribution in [0.2, 0.25) is 0 Å². The molecule has 2 saturated heterocycles. The van der Waals surface area contributed by atoms with Crippen molar-refractivity contribution in [1.29, 1.82) is 0 Å². The van der Waals surface area contributed by atoms with Crippen LogP contribution in [0.3, 0.4) is 0 Å². The Labute approximate surface area is 135 Å². The highest BCUT2D eigenvalue weighted by Crippen LogP contribution is 2.23. The second-order valence-electron chi connectivity index (χ2n) is 6.44. The normalized spacial score (nSPS) is 22.9. The molecule has 0 aromatic carbocycles. The zero-order valence-corrected chi connectivity index (χ0v) is 13.3. The lowest BCUT2D eigenvalue weighted by molar-refractivity contribution is 0.0519. The Morgan fingerprint density at radius 3 is 2.65 bits per heavy atom. The van der Waals surface area contributed by atoms with Crippen molar-refractivity contribution in [2.24, 2.45) is 0 Å². The summed E-state index contributed by atoms with van der Waals surface area (Å²) in [6.45, 7) is 1.31. The molecule has 2 aliphatic rings. The maximum absolute atomic E-state index is 12.6. The third-order valence-electron chi connectivity index (χ3n) is 4.89. The van der Waals surface area contributed by atoms with Gasteiger partial charge in [-0.25, -0.2) is 4.68 Å². The number of carbonyl (C=O) groups is 1. The molecular weight excluding hydrogens is 302 g/mol. The van der Waals surface area contributed by atoms with Gasteiger partial charge in [-0.15, -0.1) is 0 Å². The number of rotatable bonds is 5. The summed E-state index contributed by atoms with van der Waals surface area (Å²) in [5, 5.41) is 3.72. The second-order valence-corrected chi connectivity index (χ2v) is 6.44. The lowest BCUT2D eigenvalue weighted by atomic mass is 9.98. The first-order valence-electron chi connectivity index (χ1n) is 8.52. The topological polar surface area (TPSA) is 41.4 Å². The van der Waals surface area contributed by atoms with Gasteiger partial charge < -0.3 is 9.80 Å². The van der Waals surface area contributed by atoms with E-state index in [0.29, 0.717) is 11.2 Å². The van der Waals surface area contributed by atoms with Gasteiger partial charge in [0.15, 0.2) is 5.69 Å². The summed E-state index contributed by atoms with van der Waals surface area (Å²) in [5.41, 5.74) is 0.123. The Kier molecular flexibility index (Phi) is 5.25. The van der Waals surface area contributed by atoms with Gasteiger partial charge in [0, 0.05) is 25.3 Å². The smallest absolute Gasteiger partial charge is 0.333 e. The monoisotopic (exact) mass is 326 g/mol. The predicted molar refractivity (Wildman–Crippen MR) is 82.4 cm³/mol. The molecule has 2 fully saturated rings. The highest BCUT2D eigenvalue weighted by molar-refractivity contribution is 5.92. The maximum Gasteiger partial charge on any atom is 0.333 e. The molecule has 0 unspecified atom stereocenters. The van der Waals surface area contributed by atoms with Crippen molar-refractivity contribution in [3.63, 3.8) is 0 Å². The summed E-state index contributed by atoms with van der Waals surface area (Å²) in [6, 6.07) is 1.59. The van der Waals surface area contributed by atoms with E-state index in [2.05, 4.69) is 10.00 Å². The van der Waals surface area contributed by atoms with Crippen molar-refractivity contribution in [3.8, 4) is 0 Å². The third-order valence-corrected chi connectivity index (χ3v) is 4.89. The van der Waals surface area contributed by atoms with Gasteiger partial charge in [-0.3, -0.25) is 4.79 Å². The minimum atomic E-state index is -2.70. The maximum atomic E-state index is 12.6. The molecule has 7 heteroatoms. The molecule has 0 spiro atoms. The minimum absolute atomic E-state index is 0.123. The molecule has 128 valence electrons. The van der Waals surface area contributed by atoms with Gasteiger partial charge in [-0.1, -0.05) is 0 Å². The molecule has 0 aliphatic carbocycles. The Hall–Kier alpha value is -1.50. The van der Waals surface area contributed by atoms with Crippen LogP contribution < -0.4 is 0 Å². The summed E-state index contributed by atoms with van der Waals surface area (Å²) < 4.78 is 25.8. The fourth-order valence-corrected chi connectivity index (χ4v) is 3.61. The highest BCUT2D eigenvalue weighted by atomic mass is 19.3. The van der Waals surface area contributed by atoms with Crippen molar-refractivity contribution in [3.05, 3.63) is 18.0 Å². The lowest BCUT2D eigenvalue weighted by Crippen LogP contribution is -2.45. The number of nitrogens with zero attached hydrogens (tertiary/aromatic N) is 4. The van der Waals surface area contributed by atoms with E-state index in [1.807, 2.05) is 4.90 Å². The number of piperidine rings is 1. The van der Waals surface area contributed by atoms with E-state index in [4.69, 9.17) is 0 Å². The standard InChI is InChI=1S/C16H24F2N4O/c17-16(18)22-12-7-14(19-22)15(23)21-10-2-1-5-13(21)6-11-20-8-3-4-9-20/h7,12-13,16H,1-6,8-11H2/t13-/m0/s1. The largest absolute Gasteiger partial charge is 0.334 e. The van der Waals surface area contributed by atoms with Gasteiger partial charge in [-0.05, 0) is 57.7 Å². The van der Waals surface area contributed by atoms with E-state index in [1.54, 1.807) is 0 Å². The van der Waals surface area contributed by atoms with Crippen molar-refractivity contribution >= 4 is 5.91 Å². The molecule has 23 heavy (non-hydrogen) atoms. The number of hydrogen-bond donors (Lipinski definition) is 0. The molecule has 1 aromatic rings. The lowest BCUT2D eigenvalue weighted by Gasteiger charge is -2.36. The highest BCUT2D eigenvalue weighted by Gasteiger charge is 2.29. The number of aromatic nitrogens is 2. The summed E-state index contributed by atoms with van der Waals surface area (Å²) in [6.07, 6.45) is 7.75. The van der Waals surface area contributed by atoms with Crippen molar-refractivity contribution in [1.82, 2.24) is 19.6 Å². The van der Waals surface area contributed by atoms with Gasteiger partial charge in [-0.2, -0.15) is 13.9 Å². The number of alkyl halides is 2. The molecule has 1 aromatic heterocycles. The summed E-state index contributed by atoms with van der Waals surface area (Å²) in [4.78, 5) is 16.9. The van der Waals surface area contributed by atoms with Crippen LogP contribution in [-0.2, 0) is 0 Å².